The number of amides is 1. The number of hydrogen-bond donors (Lipinski definition) is 1. The molecule has 1 aliphatic rings. The minimum atomic E-state index is -0.566. The van der Waals surface area contributed by atoms with Gasteiger partial charge in [0.05, 0.1) is 24.7 Å². The lowest BCUT2D eigenvalue weighted by Crippen LogP contribution is -2.43. The van der Waals surface area contributed by atoms with E-state index in [1.807, 2.05) is 0 Å². The van der Waals surface area contributed by atoms with Gasteiger partial charge in [-0.3, -0.25) is 14.9 Å². The summed E-state index contributed by atoms with van der Waals surface area (Å²) in [5, 5.41) is 14.4. The molecule has 1 fully saturated rings. The molecule has 1 aromatic rings. The summed E-state index contributed by atoms with van der Waals surface area (Å²) in [7, 11) is 1.44. The molecule has 0 radical (unpaired) electrons. The quantitative estimate of drug-likeness (QED) is 0.626. The number of rotatable bonds is 6. The van der Waals surface area contributed by atoms with Gasteiger partial charge in [0.2, 0.25) is 0 Å². The van der Waals surface area contributed by atoms with Crippen molar-refractivity contribution in [1.82, 2.24) is 5.32 Å². The van der Waals surface area contributed by atoms with E-state index >= 15 is 0 Å². The lowest BCUT2D eigenvalue weighted by molar-refractivity contribution is -0.385. The van der Waals surface area contributed by atoms with Crippen molar-refractivity contribution in [3.8, 4) is 11.5 Å². The lowest BCUT2D eigenvalue weighted by Gasteiger charge is -2.34. The first-order valence-corrected chi connectivity index (χ1v) is 8.69. The molecule has 138 valence electrons. The summed E-state index contributed by atoms with van der Waals surface area (Å²) >= 11 is 0. The lowest BCUT2D eigenvalue weighted by atomic mass is 9.78. The molecule has 0 heterocycles. The first kappa shape index (κ1) is 19.0. The van der Waals surface area contributed by atoms with Gasteiger partial charge in [-0.15, -0.1) is 0 Å². The Bertz CT molecular complexity index is 647. The zero-order valence-electron chi connectivity index (χ0n) is 15.2. The molecule has 25 heavy (non-hydrogen) atoms. The SMILES string of the molecule is CCOc1cc([N+](=O)[O-])c(C(=O)NC2CCCC(C)C2C)cc1OC. The summed E-state index contributed by atoms with van der Waals surface area (Å²) in [6.45, 7) is 6.40. The summed E-state index contributed by atoms with van der Waals surface area (Å²) < 4.78 is 10.6. The van der Waals surface area contributed by atoms with E-state index < -0.39 is 10.8 Å². The number of carbonyl (C=O) groups is 1. The fourth-order valence-electron chi connectivity index (χ4n) is 3.34. The van der Waals surface area contributed by atoms with E-state index in [4.69, 9.17) is 9.47 Å². The molecule has 3 unspecified atom stereocenters. The number of nitro benzene ring substituents is 1. The predicted octanol–water partition coefficient (Wildman–Crippen LogP) is 3.56. The van der Waals surface area contributed by atoms with Crippen LogP contribution in [0.5, 0.6) is 11.5 Å². The molecule has 1 aliphatic carbocycles. The third-order valence-electron chi connectivity index (χ3n) is 5.05. The predicted molar refractivity (Wildman–Crippen MR) is 94.3 cm³/mol. The Labute approximate surface area is 147 Å². The van der Waals surface area contributed by atoms with Crippen LogP contribution in [0, 0.1) is 22.0 Å². The van der Waals surface area contributed by atoms with E-state index in [0.29, 0.717) is 24.2 Å². The highest BCUT2D eigenvalue weighted by Gasteiger charge is 2.31. The largest absolute Gasteiger partial charge is 0.493 e. The van der Waals surface area contributed by atoms with Crippen molar-refractivity contribution in [2.45, 2.75) is 46.1 Å². The van der Waals surface area contributed by atoms with Gasteiger partial charge in [0.1, 0.15) is 5.56 Å². The molecule has 1 aromatic carbocycles. The number of nitro groups is 1. The van der Waals surface area contributed by atoms with Gasteiger partial charge < -0.3 is 14.8 Å². The fourth-order valence-corrected chi connectivity index (χ4v) is 3.34. The van der Waals surface area contributed by atoms with E-state index in [1.165, 1.54) is 19.2 Å². The summed E-state index contributed by atoms with van der Waals surface area (Å²) in [6, 6.07) is 2.66. The Morgan fingerprint density at radius 3 is 2.64 bits per heavy atom. The molecule has 7 heteroatoms. The number of nitrogens with zero attached hydrogens (tertiary/aromatic N) is 1. The van der Waals surface area contributed by atoms with E-state index in [9.17, 15) is 14.9 Å². The van der Waals surface area contributed by atoms with Crippen LogP contribution in [0.3, 0.4) is 0 Å². The van der Waals surface area contributed by atoms with Gasteiger partial charge in [-0.05, 0) is 25.2 Å². The Kier molecular flexibility index (Phi) is 6.22. The highest BCUT2D eigenvalue weighted by atomic mass is 16.6. The van der Waals surface area contributed by atoms with Crippen LogP contribution in [0.15, 0.2) is 12.1 Å². The molecule has 1 amide bonds. The minimum absolute atomic E-state index is 0.00395. The van der Waals surface area contributed by atoms with Crippen LogP contribution in [0.25, 0.3) is 0 Å². The van der Waals surface area contributed by atoms with Gasteiger partial charge in [0.15, 0.2) is 11.5 Å². The van der Waals surface area contributed by atoms with Gasteiger partial charge >= 0.3 is 0 Å². The first-order valence-electron chi connectivity index (χ1n) is 8.69. The van der Waals surface area contributed by atoms with Crippen LogP contribution >= 0.6 is 0 Å². The second kappa shape index (κ2) is 8.18. The van der Waals surface area contributed by atoms with Crippen molar-refractivity contribution in [3.63, 3.8) is 0 Å². The second-order valence-electron chi connectivity index (χ2n) is 6.56. The van der Waals surface area contributed by atoms with Crippen LogP contribution in [0.4, 0.5) is 5.69 Å². The Morgan fingerprint density at radius 2 is 2.04 bits per heavy atom. The highest BCUT2D eigenvalue weighted by molar-refractivity contribution is 5.99. The van der Waals surface area contributed by atoms with Crippen LogP contribution in [0.2, 0.25) is 0 Å². The van der Waals surface area contributed by atoms with Crippen molar-refractivity contribution in [3.05, 3.63) is 27.8 Å². The fraction of sp³-hybridized carbons (Fsp3) is 0.611. The van der Waals surface area contributed by atoms with Gasteiger partial charge in [-0.25, -0.2) is 0 Å². The molecule has 2 rings (SSSR count). The topological polar surface area (TPSA) is 90.7 Å². The average molecular weight is 350 g/mol. The molecular weight excluding hydrogens is 324 g/mol. The molecule has 0 saturated heterocycles. The number of hydrogen-bond acceptors (Lipinski definition) is 5. The maximum atomic E-state index is 12.7. The van der Waals surface area contributed by atoms with Crippen LogP contribution in [-0.2, 0) is 0 Å². The molecule has 3 atom stereocenters. The smallest absolute Gasteiger partial charge is 0.286 e. The normalized spacial score (nSPS) is 23.0. The maximum absolute atomic E-state index is 12.7. The van der Waals surface area contributed by atoms with Gasteiger partial charge in [-0.1, -0.05) is 26.7 Å². The van der Waals surface area contributed by atoms with Crippen molar-refractivity contribution in [1.29, 1.82) is 0 Å². The number of benzene rings is 1. The van der Waals surface area contributed by atoms with Crippen molar-refractivity contribution < 1.29 is 19.2 Å². The van der Waals surface area contributed by atoms with Gasteiger partial charge in [0, 0.05) is 12.1 Å². The zero-order valence-corrected chi connectivity index (χ0v) is 15.2. The molecule has 0 aliphatic heterocycles. The number of methoxy groups -OCH3 is 1. The zero-order chi connectivity index (χ0) is 18.6. The Balaban J connectivity index is 2.32. The standard InChI is InChI=1S/C18H26N2O5/c1-5-25-17-10-15(20(22)23)13(9-16(17)24-4)18(21)19-14-8-6-7-11(2)12(14)3/h9-12,14H,5-8H2,1-4H3,(H,19,21). The third-order valence-corrected chi connectivity index (χ3v) is 5.05. The minimum Gasteiger partial charge on any atom is -0.493 e. The molecule has 1 N–H and O–H groups in total. The summed E-state index contributed by atoms with van der Waals surface area (Å²) in [5.74, 6) is 0.972. The van der Waals surface area contributed by atoms with Crippen molar-refractivity contribution in [2.75, 3.05) is 13.7 Å². The van der Waals surface area contributed by atoms with E-state index in [0.717, 1.165) is 19.3 Å². The number of carbonyl (C=O) groups excluding carboxylic acids is 1. The van der Waals surface area contributed by atoms with Gasteiger partial charge in [0.25, 0.3) is 11.6 Å². The summed E-state index contributed by atoms with van der Waals surface area (Å²) in [5.41, 5.74) is -0.283. The van der Waals surface area contributed by atoms with Crippen LogP contribution in [0.1, 0.15) is 50.4 Å². The molecule has 1 saturated carbocycles. The molecular formula is C18H26N2O5. The Morgan fingerprint density at radius 1 is 1.32 bits per heavy atom. The average Bonchev–Trinajstić information content (AvgIpc) is 2.58. The molecule has 7 nitrogen and oxygen atoms in total. The van der Waals surface area contributed by atoms with Crippen molar-refractivity contribution in [2.24, 2.45) is 11.8 Å². The van der Waals surface area contributed by atoms with Crippen molar-refractivity contribution >= 4 is 11.6 Å². The number of ether oxygens (including phenoxy) is 2. The second-order valence-corrected chi connectivity index (χ2v) is 6.56. The molecule has 0 aromatic heterocycles. The third kappa shape index (κ3) is 4.21. The van der Waals surface area contributed by atoms with E-state index in [2.05, 4.69) is 19.2 Å². The van der Waals surface area contributed by atoms with Gasteiger partial charge in [-0.2, -0.15) is 0 Å². The van der Waals surface area contributed by atoms with E-state index in [-0.39, 0.29) is 23.0 Å². The Hall–Kier alpha value is -2.31. The summed E-state index contributed by atoms with van der Waals surface area (Å²) in [4.78, 5) is 23.6. The highest BCUT2D eigenvalue weighted by Crippen LogP contribution is 2.35. The van der Waals surface area contributed by atoms with Crippen LogP contribution in [-0.4, -0.2) is 30.6 Å². The summed E-state index contributed by atoms with van der Waals surface area (Å²) in [6.07, 6.45) is 3.08. The number of nitrogens with one attached hydrogen (secondary N) is 1. The van der Waals surface area contributed by atoms with Crippen LogP contribution < -0.4 is 14.8 Å². The monoisotopic (exact) mass is 350 g/mol. The molecule has 0 bridgehead atoms. The first-order chi connectivity index (χ1) is 11.9. The maximum Gasteiger partial charge on any atom is 0.286 e. The van der Waals surface area contributed by atoms with E-state index in [1.54, 1.807) is 6.92 Å². The molecule has 0 spiro atoms.